The van der Waals surface area contributed by atoms with Gasteiger partial charge in [-0.15, -0.1) is 0 Å². The van der Waals surface area contributed by atoms with Crippen LogP contribution in [0.15, 0.2) is 9.98 Å². The average molecular weight is 192 g/mol. The standard InChI is InChI=1S/C8H11F3N2/c1-5(2)6-4-12-7(13-6)3-8(9,10)11/h4-5,7H,3H2,1-2H3. The van der Waals surface area contributed by atoms with E-state index in [0.717, 1.165) is 0 Å². The van der Waals surface area contributed by atoms with Gasteiger partial charge < -0.3 is 0 Å². The van der Waals surface area contributed by atoms with Crippen LogP contribution in [-0.2, 0) is 0 Å². The smallest absolute Gasteiger partial charge is 0.264 e. The molecule has 1 atom stereocenters. The van der Waals surface area contributed by atoms with Crippen LogP contribution in [0.4, 0.5) is 13.2 Å². The van der Waals surface area contributed by atoms with Crippen molar-refractivity contribution in [3.63, 3.8) is 0 Å². The van der Waals surface area contributed by atoms with Crippen LogP contribution in [0, 0.1) is 5.92 Å². The van der Waals surface area contributed by atoms with E-state index in [9.17, 15) is 13.2 Å². The number of nitrogens with zero attached hydrogens (tertiary/aromatic N) is 2. The quantitative estimate of drug-likeness (QED) is 0.642. The molecule has 1 heterocycles. The maximum Gasteiger partial charge on any atom is 0.393 e. The lowest BCUT2D eigenvalue weighted by atomic mass is 10.1. The van der Waals surface area contributed by atoms with Gasteiger partial charge in [0.2, 0.25) is 0 Å². The molecule has 0 amide bonds. The summed E-state index contributed by atoms with van der Waals surface area (Å²) in [5.41, 5.74) is 0.647. The Hall–Kier alpha value is -0.870. The van der Waals surface area contributed by atoms with E-state index in [1.54, 1.807) is 0 Å². The Morgan fingerprint density at radius 3 is 2.46 bits per heavy atom. The number of alkyl halides is 3. The van der Waals surface area contributed by atoms with Crippen LogP contribution in [0.5, 0.6) is 0 Å². The Labute approximate surface area is 74.6 Å². The summed E-state index contributed by atoms with van der Waals surface area (Å²) in [7, 11) is 0. The fourth-order valence-electron chi connectivity index (χ4n) is 1.00. The van der Waals surface area contributed by atoms with Crippen molar-refractivity contribution >= 4 is 11.9 Å². The largest absolute Gasteiger partial charge is 0.393 e. The zero-order chi connectivity index (χ0) is 10.1. The molecular weight excluding hydrogens is 181 g/mol. The summed E-state index contributed by atoms with van der Waals surface area (Å²) < 4.78 is 35.7. The van der Waals surface area contributed by atoms with Gasteiger partial charge in [-0.25, -0.2) is 0 Å². The third-order valence-corrected chi connectivity index (χ3v) is 1.68. The number of hydrogen-bond donors (Lipinski definition) is 0. The molecule has 0 aromatic rings. The van der Waals surface area contributed by atoms with E-state index < -0.39 is 18.8 Å². The van der Waals surface area contributed by atoms with E-state index in [1.165, 1.54) is 6.21 Å². The predicted octanol–water partition coefficient (Wildman–Crippen LogP) is 2.45. The number of aliphatic imine (C=N–C) groups is 2. The number of hydrogen-bond acceptors (Lipinski definition) is 2. The Bertz CT molecular complexity index is 240. The molecule has 0 spiro atoms. The van der Waals surface area contributed by atoms with E-state index >= 15 is 0 Å². The molecule has 1 unspecified atom stereocenters. The summed E-state index contributed by atoms with van der Waals surface area (Å²) in [6.45, 7) is 3.75. The summed E-state index contributed by atoms with van der Waals surface area (Å²) in [5, 5.41) is 0. The zero-order valence-electron chi connectivity index (χ0n) is 7.47. The molecule has 0 saturated carbocycles. The Kier molecular flexibility index (Phi) is 2.73. The van der Waals surface area contributed by atoms with Gasteiger partial charge in [-0.3, -0.25) is 9.98 Å². The van der Waals surface area contributed by atoms with Gasteiger partial charge in [-0.1, -0.05) is 13.8 Å². The van der Waals surface area contributed by atoms with Crippen LogP contribution < -0.4 is 0 Å². The number of rotatable bonds is 2. The second kappa shape index (κ2) is 3.47. The second-order valence-corrected chi connectivity index (χ2v) is 3.29. The maximum atomic E-state index is 11.9. The van der Waals surface area contributed by atoms with Crippen LogP contribution in [-0.4, -0.2) is 24.3 Å². The Morgan fingerprint density at radius 1 is 1.46 bits per heavy atom. The molecule has 0 aliphatic carbocycles. The normalized spacial score (nSPS) is 22.6. The van der Waals surface area contributed by atoms with Crippen LogP contribution in [0.25, 0.3) is 0 Å². The Morgan fingerprint density at radius 2 is 2.08 bits per heavy atom. The highest BCUT2D eigenvalue weighted by atomic mass is 19.4. The highest BCUT2D eigenvalue weighted by Gasteiger charge is 2.32. The van der Waals surface area contributed by atoms with Crippen LogP contribution in [0.2, 0.25) is 0 Å². The minimum atomic E-state index is -4.18. The van der Waals surface area contributed by atoms with Crippen molar-refractivity contribution in [3.05, 3.63) is 0 Å². The van der Waals surface area contributed by atoms with Crippen LogP contribution >= 0.6 is 0 Å². The lowest BCUT2D eigenvalue weighted by Gasteiger charge is -2.07. The zero-order valence-corrected chi connectivity index (χ0v) is 7.47. The van der Waals surface area contributed by atoms with Crippen molar-refractivity contribution in [2.45, 2.75) is 32.6 Å². The van der Waals surface area contributed by atoms with Gasteiger partial charge in [0.25, 0.3) is 0 Å². The molecule has 0 aromatic heterocycles. The molecule has 13 heavy (non-hydrogen) atoms. The molecule has 0 bridgehead atoms. The third-order valence-electron chi connectivity index (χ3n) is 1.68. The maximum absolute atomic E-state index is 11.9. The molecule has 2 nitrogen and oxygen atoms in total. The van der Waals surface area contributed by atoms with Gasteiger partial charge in [0.15, 0.2) is 0 Å². The SMILES string of the molecule is CC(C)C1=NC(CC(F)(F)F)N=C1. The topological polar surface area (TPSA) is 24.7 Å². The number of halogens is 3. The van der Waals surface area contributed by atoms with E-state index in [2.05, 4.69) is 9.98 Å². The summed E-state index contributed by atoms with van der Waals surface area (Å²) in [6, 6.07) is 0. The minimum absolute atomic E-state index is 0.141. The lowest BCUT2D eigenvalue weighted by molar-refractivity contribution is -0.137. The van der Waals surface area contributed by atoms with Crippen molar-refractivity contribution in [2.24, 2.45) is 15.9 Å². The molecule has 0 N–H and O–H groups in total. The van der Waals surface area contributed by atoms with Crippen molar-refractivity contribution in [3.8, 4) is 0 Å². The molecule has 1 aliphatic rings. The molecule has 1 aliphatic heterocycles. The fourth-order valence-corrected chi connectivity index (χ4v) is 1.00. The van der Waals surface area contributed by atoms with E-state index in [0.29, 0.717) is 5.71 Å². The first-order valence-electron chi connectivity index (χ1n) is 4.06. The lowest BCUT2D eigenvalue weighted by Crippen LogP contribution is -2.15. The van der Waals surface area contributed by atoms with Crippen LogP contribution in [0.3, 0.4) is 0 Å². The molecule has 0 radical (unpaired) electrons. The van der Waals surface area contributed by atoms with Gasteiger partial charge in [0, 0.05) is 6.21 Å². The van der Waals surface area contributed by atoms with E-state index in [-0.39, 0.29) is 5.92 Å². The van der Waals surface area contributed by atoms with Gasteiger partial charge in [-0.05, 0) is 5.92 Å². The highest BCUT2D eigenvalue weighted by molar-refractivity contribution is 6.32. The monoisotopic (exact) mass is 192 g/mol. The molecule has 1 rings (SSSR count). The summed E-state index contributed by atoms with van der Waals surface area (Å²) >= 11 is 0. The second-order valence-electron chi connectivity index (χ2n) is 3.29. The summed E-state index contributed by atoms with van der Waals surface area (Å²) in [4.78, 5) is 7.52. The van der Waals surface area contributed by atoms with Crippen LogP contribution in [0.1, 0.15) is 20.3 Å². The molecule has 74 valence electrons. The average Bonchev–Trinajstić information content (AvgIpc) is 2.31. The molecule has 5 heteroatoms. The van der Waals surface area contributed by atoms with Gasteiger partial charge in [0.05, 0.1) is 12.1 Å². The van der Waals surface area contributed by atoms with Crippen molar-refractivity contribution in [1.82, 2.24) is 0 Å². The first-order chi connectivity index (χ1) is 5.88. The van der Waals surface area contributed by atoms with Crippen molar-refractivity contribution in [2.75, 3.05) is 0 Å². The van der Waals surface area contributed by atoms with Gasteiger partial charge >= 0.3 is 6.18 Å². The van der Waals surface area contributed by atoms with Gasteiger partial charge in [0.1, 0.15) is 6.17 Å². The first kappa shape index (κ1) is 10.2. The first-order valence-corrected chi connectivity index (χ1v) is 4.06. The predicted molar refractivity (Wildman–Crippen MR) is 45.2 cm³/mol. The Balaban J connectivity index is 2.55. The molecule has 0 fully saturated rings. The molecule has 0 aromatic carbocycles. The van der Waals surface area contributed by atoms with E-state index in [4.69, 9.17) is 0 Å². The summed E-state index contributed by atoms with van der Waals surface area (Å²) in [6.07, 6.45) is -4.66. The van der Waals surface area contributed by atoms with Crippen molar-refractivity contribution < 1.29 is 13.2 Å². The highest BCUT2D eigenvalue weighted by Crippen LogP contribution is 2.25. The van der Waals surface area contributed by atoms with Crippen molar-refractivity contribution in [1.29, 1.82) is 0 Å². The molecule has 0 saturated heterocycles. The summed E-state index contributed by atoms with van der Waals surface area (Å²) in [5.74, 6) is 0.141. The third kappa shape index (κ3) is 3.16. The minimum Gasteiger partial charge on any atom is -0.264 e. The fraction of sp³-hybridized carbons (Fsp3) is 0.750. The van der Waals surface area contributed by atoms with Gasteiger partial charge in [-0.2, -0.15) is 13.2 Å². The molecular formula is C8H11F3N2. The van der Waals surface area contributed by atoms with E-state index in [1.807, 2.05) is 13.8 Å².